The molecule has 0 fully saturated rings. The van der Waals surface area contributed by atoms with Gasteiger partial charge in [-0.05, 0) is 12.1 Å². The maximum atomic E-state index is 11.4. The van der Waals surface area contributed by atoms with Gasteiger partial charge >= 0.3 is 0 Å². The zero-order valence-electron chi connectivity index (χ0n) is 8.30. The van der Waals surface area contributed by atoms with E-state index in [0.717, 1.165) is 10.6 Å². The van der Waals surface area contributed by atoms with Gasteiger partial charge in [0.15, 0.2) is 0 Å². The summed E-state index contributed by atoms with van der Waals surface area (Å²) < 4.78 is 0. The lowest BCUT2D eigenvalue weighted by molar-refractivity contribution is -0.116. The van der Waals surface area contributed by atoms with Crippen molar-refractivity contribution >= 4 is 53.9 Å². The molecule has 2 rings (SSSR count). The van der Waals surface area contributed by atoms with Crippen LogP contribution < -0.4 is 16.8 Å². The normalized spacial score (nSPS) is 18.3. The van der Waals surface area contributed by atoms with E-state index < -0.39 is 6.04 Å². The van der Waals surface area contributed by atoms with Crippen LogP contribution in [0.25, 0.3) is 0 Å². The summed E-state index contributed by atoms with van der Waals surface area (Å²) >= 11 is 1.51. The highest BCUT2D eigenvalue weighted by Gasteiger charge is 2.21. The topological polar surface area (TPSA) is 81.1 Å². The summed E-state index contributed by atoms with van der Waals surface area (Å²) in [4.78, 5) is 12.3. The Morgan fingerprint density at radius 3 is 2.75 bits per heavy atom. The number of nitrogen functional groups attached to an aromatic ring is 1. The number of thioether (sulfide) groups is 1. The van der Waals surface area contributed by atoms with E-state index >= 15 is 0 Å². The highest BCUT2D eigenvalue weighted by atomic mass is 35.5. The molecule has 0 saturated heterocycles. The molecule has 0 radical (unpaired) electrons. The largest absolute Gasteiger partial charge is 0.398 e. The quantitative estimate of drug-likeness (QED) is 0.630. The van der Waals surface area contributed by atoms with Gasteiger partial charge in [0.1, 0.15) is 0 Å². The molecule has 1 aliphatic heterocycles. The monoisotopic (exact) mass is 281 g/mol. The van der Waals surface area contributed by atoms with Crippen LogP contribution in [-0.2, 0) is 4.79 Å². The van der Waals surface area contributed by atoms with Gasteiger partial charge in [-0.2, -0.15) is 0 Å². The lowest BCUT2D eigenvalue weighted by Gasteiger charge is -2.07. The average molecular weight is 282 g/mol. The minimum absolute atomic E-state index is 0. The molecule has 5 N–H and O–H groups in total. The summed E-state index contributed by atoms with van der Waals surface area (Å²) in [5.74, 6) is 0.411. The predicted octanol–water partition coefficient (Wildman–Crippen LogP) is 1.48. The molecule has 90 valence electrons. The van der Waals surface area contributed by atoms with Crippen molar-refractivity contribution in [1.29, 1.82) is 0 Å². The van der Waals surface area contributed by atoms with Crippen LogP contribution >= 0.6 is 36.6 Å². The second-order valence-electron chi connectivity index (χ2n) is 3.13. The van der Waals surface area contributed by atoms with Crippen LogP contribution in [0.1, 0.15) is 0 Å². The fraction of sp³-hybridized carbons (Fsp3) is 0.222. The smallest absolute Gasteiger partial charge is 0.242 e. The molecule has 4 nitrogen and oxygen atoms in total. The Labute approximate surface area is 110 Å². The number of carbonyl (C=O) groups is 1. The summed E-state index contributed by atoms with van der Waals surface area (Å²) in [5.41, 5.74) is 12.9. The third-order valence-corrected chi connectivity index (χ3v) is 3.32. The van der Waals surface area contributed by atoms with E-state index in [1.54, 1.807) is 0 Å². The van der Waals surface area contributed by atoms with E-state index in [4.69, 9.17) is 11.5 Å². The first-order valence-electron chi connectivity index (χ1n) is 4.26. The van der Waals surface area contributed by atoms with Crippen LogP contribution in [0.2, 0.25) is 0 Å². The lowest BCUT2D eigenvalue weighted by atomic mass is 10.2. The van der Waals surface area contributed by atoms with Crippen LogP contribution in [0.15, 0.2) is 23.1 Å². The Kier molecular flexibility index (Phi) is 5.96. The van der Waals surface area contributed by atoms with Gasteiger partial charge in [0, 0.05) is 11.4 Å². The number of benzene rings is 1. The maximum absolute atomic E-state index is 11.4. The van der Waals surface area contributed by atoms with Crippen molar-refractivity contribution in [3.8, 4) is 0 Å². The van der Waals surface area contributed by atoms with Crippen LogP contribution in [-0.4, -0.2) is 17.7 Å². The van der Waals surface area contributed by atoms with Gasteiger partial charge in [-0.25, -0.2) is 0 Å². The molecule has 0 aliphatic carbocycles. The number of rotatable bonds is 0. The zero-order chi connectivity index (χ0) is 10.1. The predicted molar refractivity (Wildman–Crippen MR) is 72.7 cm³/mol. The van der Waals surface area contributed by atoms with E-state index in [9.17, 15) is 4.79 Å². The van der Waals surface area contributed by atoms with Gasteiger partial charge < -0.3 is 16.8 Å². The first kappa shape index (κ1) is 15.4. The fourth-order valence-electron chi connectivity index (χ4n) is 1.29. The number of hydrogen-bond acceptors (Lipinski definition) is 4. The number of nitrogens with two attached hydrogens (primary N) is 2. The summed E-state index contributed by atoms with van der Waals surface area (Å²) in [6.07, 6.45) is 0. The zero-order valence-corrected chi connectivity index (χ0v) is 10.8. The van der Waals surface area contributed by atoms with Crippen molar-refractivity contribution in [2.45, 2.75) is 10.9 Å². The van der Waals surface area contributed by atoms with Crippen molar-refractivity contribution in [1.82, 2.24) is 0 Å². The molecule has 1 unspecified atom stereocenters. The molecule has 1 amide bonds. The first-order valence-corrected chi connectivity index (χ1v) is 5.25. The van der Waals surface area contributed by atoms with Crippen molar-refractivity contribution in [2.75, 3.05) is 16.8 Å². The number of nitrogens with one attached hydrogen (secondary N) is 1. The lowest BCUT2D eigenvalue weighted by Crippen LogP contribution is -2.36. The third-order valence-electron chi connectivity index (χ3n) is 2.05. The minimum Gasteiger partial charge on any atom is -0.398 e. The van der Waals surface area contributed by atoms with Gasteiger partial charge in [-0.1, -0.05) is 6.07 Å². The summed E-state index contributed by atoms with van der Waals surface area (Å²) in [5, 5.41) is 2.75. The summed E-state index contributed by atoms with van der Waals surface area (Å²) in [6, 6.07) is 4.99. The molecule has 1 aromatic rings. The molecule has 0 bridgehead atoms. The molecule has 7 heteroatoms. The number of fused-ring (bicyclic) bond motifs is 1. The number of amides is 1. The molecule has 0 spiro atoms. The second kappa shape index (κ2) is 6.20. The van der Waals surface area contributed by atoms with Gasteiger partial charge in [0.05, 0.1) is 16.6 Å². The Hall–Kier alpha value is -0.620. The van der Waals surface area contributed by atoms with Crippen LogP contribution in [0.4, 0.5) is 11.4 Å². The molecule has 1 aromatic carbocycles. The highest BCUT2D eigenvalue weighted by Crippen LogP contribution is 2.34. The highest BCUT2D eigenvalue weighted by molar-refractivity contribution is 7.99. The first-order chi connectivity index (χ1) is 6.68. The van der Waals surface area contributed by atoms with Crippen molar-refractivity contribution in [2.24, 2.45) is 5.73 Å². The molecule has 1 aliphatic rings. The van der Waals surface area contributed by atoms with Crippen LogP contribution in [0.3, 0.4) is 0 Å². The van der Waals surface area contributed by atoms with Gasteiger partial charge in [0.2, 0.25) is 5.91 Å². The molecule has 1 atom stereocenters. The van der Waals surface area contributed by atoms with Crippen molar-refractivity contribution in [3.63, 3.8) is 0 Å². The van der Waals surface area contributed by atoms with Crippen molar-refractivity contribution < 1.29 is 4.79 Å². The number of hydrogen-bond donors (Lipinski definition) is 3. The van der Waals surface area contributed by atoms with E-state index in [-0.39, 0.29) is 30.7 Å². The van der Waals surface area contributed by atoms with Crippen LogP contribution in [0.5, 0.6) is 0 Å². The summed E-state index contributed by atoms with van der Waals surface area (Å²) in [7, 11) is 0. The Bertz CT molecular complexity index is 389. The van der Waals surface area contributed by atoms with E-state index in [1.807, 2.05) is 18.2 Å². The van der Waals surface area contributed by atoms with Crippen molar-refractivity contribution in [3.05, 3.63) is 18.2 Å². The van der Waals surface area contributed by atoms with E-state index in [0.29, 0.717) is 11.4 Å². The SMILES string of the molecule is Cl.Cl.Nc1cccc2c1SCC(N)C(=O)N2. The third kappa shape index (κ3) is 2.95. The number of halogens is 2. The van der Waals surface area contributed by atoms with Gasteiger partial charge in [-0.3, -0.25) is 4.79 Å². The molecule has 0 saturated carbocycles. The Morgan fingerprint density at radius 2 is 2.06 bits per heavy atom. The van der Waals surface area contributed by atoms with E-state index in [2.05, 4.69) is 5.32 Å². The number of carbonyl (C=O) groups excluding carboxylic acids is 1. The molecule has 16 heavy (non-hydrogen) atoms. The van der Waals surface area contributed by atoms with Gasteiger partial charge in [0.25, 0.3) is 0 Å². The summed E-state index contributed by atoms with van der Waals surface area (Å²) in [6.45, 7) is 0. The standard InChI is InChI=1S/C9H11N3OS.2ClH/c10-5-2-1-3-7-8(5)14-4-6(11)9(13)12-7;;/h1-3,6H,4,10-11H2,(H,12,13);2*1H. The molecule has 0 aromatic heterocycles. The molecular formula is C9H13Cl2N3OS. The Balaban J connectivity index is 0.00000112. The molecule has 1 heterocycles. The van der Waals surface area contributed by atoms with Gasteiger partial charge in [-0.15, -0.1) is 36.6 Å². The molecular weight excluding hydrogens is 269 g/mol. The minimum atomic E-state index is -0.466. The Morgan fingerprint density at radius 1 is 1.38 bits per heavy atom. The fourth-order valence-corrected chi connectivity index (χ4v) is 2.30. The average Bonchev–Trinajstić information content (AvgIpc) is 2.29. The van der Waals surface area contributed by atoms with E-state index in [1.165, 1.54) is 11.8 Å². The second-order valence-corrected chi connectivity index (χ2v) is 4.16. The number of anilines is 2. The van der Waals surface area contributed by atoms with Crippen LogP contribution in [0, 0.1) is 0 Å². The maximum Gasteiger partial charge on any atom is 0.242 e.